The Hall–Kier alpha value is -2.66. The molecule has 5 nitrogen and oxygen atoms in total. The van der Waals surface area contributed by atoms with Crippen LogP contribution < -0.4 is 9.64 Å². The molecule has 2 aliphatic rings. The Kier molecular flexibility index (Phi) is 3.78. The topological polar surface area (TPSA) is 55.8 Å². The van der Waals surface area contributed by atoms with Crippen molar-refractivity contribution in [2.75, 3.05) is 18.1 Å². The largest absolute Gasteiger partial charge is 0.491 e. The number of hydrogen-bond donors (Lipinski definition) is 0. The number of imide groups is 1. The molecule has 0 spiro atoms. The second-order valence-corrected chi connectivity index (χ2v) is 5.93. The SMILES string of the molecule is O=C1c2ccccc2C(=O)N1c1cccc(OC[C@H]2CCCO2)c1. The molecule has 2 amide bonds. The highest BCUT2D eigenvalue weighted by molar-refractivity contribution is 6.34. The average molecular weight is 323 g/mol. The maximum atomic E-state index is 12.5. The van der Waals surface area contributed by atoms with Crippen LogP contribution in [0.3, 0.4) is 0 Å². The van der Waals surface area contributed by atoms with Crippen molar-refractivity contribution < 1.29 is 19.1 Å². The smallest absolute Gasteiger partial charge is 0.266 e. The maximum absolute atomic E-state index is 12.5. The minimum atomic E-state index is -0.299. The zero-order valence-electron chi connectivity index (χ0n) is 13.1. The second kappa shape index (κ2) is 6.09. The van der Waals surface area contributed by atoms with Crippen LogP contribution in [0.5, 0.6) is 5.75 Å². The van der Waals surface area contributed by atoms with E-state index in [1.165, 1.54) is 4.90 Å². The van der Waals surface area contributed by atoms with E-state index in [0.717, 1.165) is 19.4 Å². The Bertz CT molecular complexity index is 760. The number of hydrogen-bond acceptors (Lipinski definition) is 4. The van der Waals surface area contributed by atoms with Crippen molar-refractivity contribution in [1.82, 2.24) is 0 Å². The van der Waals surface area contributed by atoms with Crippen LogP contribution in [0.25, 0.3) is 0 Å². The van der Waals surface area contributed by atoms with Gasteiger partial charge in [0.25, 0.3) is 11.8 Å². The molecule has 1 saturated heterocycles. The Morgan fingerprint density at radius 2 is 1.79 bits per heavy atom. The van der Waals surface area contributed by atoms with Gasteiger partial charge in [-0.15, -0.1) is 0 Å². The normalized spacial score (nSPS) is 19.7. The van der Waals surface area contributed by atoms with Crippen molar-refractivity contribution in [3.63, 3.8) is 0 Å². The lowest BCUT2D eigenvalue weighted by Crippen LogP contribution is -2.29. The molecule has 2 aromatic rings. The predicted octanol–water partition coefficient (Wildman–Crippen LogP) is 3.05. The molecule has 2 heterocycles. The first kappa shape index (κ1) is 14.9. The summed E-state index contributed by atoms with van der Waals surface area (Å²) in [5.41, 5.74) is 1.40. The molecule has 0 radical (unpaired) electrons. The number of nitrogens with zero attached hydrogens (tertiary/aromatic N) is 1. The van der Waals surface area contributed by atoms with Gasteiger partial charge in [0.1, 0.15) is 12.4 Å². The average Bonchev–Trinajstić information content (AvgIpc) is 3.21. The molecule has 0 saturated carbocycles. The molecule has 1 atom stereocenters. The lowest BCUT2D eigenvalue weighted by molar-refractivity contribution is 0.0679. The van der Waals surface area contributed by atoms with Gasteiger partial charge in [0.2, 0.25) is 0 Å². The first-order valence-corrected chi connectivity index (χ1v) is 8.06. The Labute approximate surface area is 139 Å². The maximum Gasteiger partial charge on any atom is 0.266 e. The van der Waals surface area contributed by atoms with E-state index in [9.17, 15) is 9.59 Å². The summed E-state index contributed by atoms with van der Waals surface area (Å²) in [4.78, 5) is 26.3. The Balaban J connectivity index is 1.55. The van der Waals surface area contributed by atoms with Crippen LogP contribution in [0, 0.1) is 0 Å². The van der Waals surface area contributed by atoms with Crippen LogP contribution >= 0.6 is 0 Å². The summed E-state index contributed by atoms with van der Waals surface area (Å²) < 4.78 is 11.3. The van der Waals surface area contributed by atoms with Crippen LogP contribution in [0.2, 0.25) is 0 Å². The fourth-order valence-corrected chi connectivity index (χ4v) is 3.10. The van der Waals surface area contributed by atoms with E-state index in [0.29, 0.717) is 29.2 Å². The molecule has 5 heteroatoms. The van der Waals surface area contributed by atoms with E-state index in [4.69, 9.17) is 9.47 Å². The van der Waals surface area contributed by atoms with Gasteiger partial charge in [0, 0.05) is 12.7 Å². The van der Waals surface area contributed by atoms with Crippen LogP contribution in [-0.4, -0.2) is 31.1 Å². The Morgan fingerprint density at radius 1 is 1.04 bits per heavy atom. The van der Waals surface area contributed by atoms with Crippen molar-refractivity contribution in [2.24, 2.45) is 0 Å². The Morgan fingerprint density at radius 3 is 2.46 bits per heavy atom. The van der Waals surface area contributed by atoms with Crippen LogP contribution in [0.1, 0.15) is 33.6 Å². The minimum Gasteiger partial charge on any atom is -0.491 e. The summed E-state index contributed by atoms with van der Waals surface area (Å²) in [5, 5.41) is 0. The summed E-state index contributed by atoms with van der Waals surface area (Å²) in [7, 11) is 0. The number of fused-ring (bicyclic) bond motifs is 1. The number of carbonyl (C=O) groups excluding carboxylic acids is 2. The standard InChI is InChI=1S/C19H17NO4/c21-18-16-8-1-2-9-17(16)19(22)20(18)13-5-3-6-14(11-13)24-12-15-7-4-10-23-15/h1-3,5-6,8-9,11,15H,4,7,10,12H2/t15-/m1/s1. The highest BCUT2D eigenvalue weighted by Gasteiger charge is 2.36. The van der Waals surface area contributed by atoms with Crippen LogP contribution in [-0.2, 0) is 4.74 Å². The summed E-state index contributed by atoms with van der Waals surface area (Å²) in [5.74, 6) is 0.0262. The van der Waals surface area contributed by atoms with Crippen LogP contribution in [0.4, 0.5) is 5.69 Å². The van der Waals surface area contributed by atoms with E-state index >= 15 is 0 Å². The molecule has 2 aromatic carbocycles. The van der Waals surface area contributed by atoms with Crippen LogP contribution in [0.15, 0.2) is 48.5 Å². The number of anilines is 1. The fourth-order valence-electron chi connectivity index (χ4n) is 3.10. The lowest BCUT2D eigenvalue weighted by Gasteiger charge is -2.16. The van der Waals surface area contributed by atoms with Gasteiger partial charge in [0.05, 0.1) is 22.9 Å². The zero-order chi connectivity index (χ0) is 16.5. The summed E-state index contributed by atoms with van der Waals surface area (Å²) in [6.45, 7) is 1.26. The van der Waals surface area contributed by atoms with Gasteiger partial charge in [-0.1, -0.05) is 18.2 Å². The zero-order valence-corrected chi connectivity index (χ0v) is 13.1. The molecule has 122 valence electrons. The molecule has 0 bridgehead atoms. The van der Waals surface area contributed by atoms with Gasteiger partial charge < -0.3 is 9.47 Å². The van der Waals surface area contributed by atoms with E-state index in [1.807, 2.05) is 6.07 Å². The molecule has 0 N–H and O–H groups in total. The number of amides is 2. The van der Waals surface area contributed by atoms with E-state index in [-0.39, 0.29) is 17.9 Å². The molecule has 0 unspecified atom stereocenters. The van der Waals surface area contributed by atoms with Gasteiger partial charge >= 0.3 is 0 Å². The monoisotopic (exact) mass is 323 g/mol. The van der Waals surface area contributed by atoms with Crippen molar-refractivity contribution >= 4 is 17.5 Å². The molecule has 1 fully saturated rings. The molecular weight excluding hydrogens is 306 g/mol. The lowest BCUT2D eigenvalue weighted by atomic mass is 10.1. The third kappa shape index (κ3) is 2.57. The van der Waals surface area contributed by atoms with E-state index in [1.54, 1.807) is 42.5 Å². The van der Waals surface area contributed by atoms with Gasteiger partial charge in [0.15, 0.2) is 0 Å². The summed E-state index contributed by atoms with van der Waals surface area (Å²) in [6, 6.07) is 13.9. The third-order valence-electron chi connectivity index (χ3n) is 4.33. The summed E-state index contributed by atoms with van der Waals surface area (Å²) >= 11 is 0. The van der Waals surface area contributed by atoms with Crippen molar-refractivity contribution in [1.29, 1.82) is 0 Å². The molecule has 24 heavy (non-hydrogen) atoms. The molecular formula is C19H17NO4. The molecule has 4 rings (SSSR count). The number of ether oxygens (including phenoxy) is 2. The number of rotatable bonds is 4. The van der Waals surface area contributed by atoms with Gasteiger partial charge in [-0.2, -0.15) is 0 Å². The molecule has 0 aliphatic carbocycles. The highest BCUT2D eigenvalue weighted by atomic mass is 16.5. The number of benzene rings is 2. The summed E-state index contributed by atoms with van der Waals surface area (Å²) in [6.07, 6.45) is 2.18. The van der Waals surface area contributed by atoms with Gasteiger partial charge in [-0.3, -0.25) is 9.59 Å². The second-order valence-electron chi connectivity index (χ2n) is 5.93. The molecule has 0 aromatic heterocycles. The van der Waals surface area contributed by atoms with E-state index < -0.39 is 0 Å². The number of carbonyl (C=O) groups is 2. The minimum absolute atomic E-state index is 0.118. The van der Waals surface area contributed by atoms with Crippen molar-refractivity contribution in [3.8, 4) is 5.75 Å². The van der Waals surface area contributed by atoms with Crippen molar-refractivity contribution in [2.45, 2.75) is 18.9 Å². The van der Waals surface area contributed by atoms with Gasteiger partial charge in [-0.25, -0.2) is 4.90 Å². The fraction of sp³-hybridized carbons (Fsp3) is 0.263. The van der Waals surface area contributed by atoms with Gasteiger partial charge in [-0.05, 0) is 37.1 Å². The first-order valence-electron chi connectivity index (χ1n) is 8.06. The third-order valence-corrected chi connectivity index (χ3v) is 4.33. The molecule has 2 aliphatic heterocycles. The van der Waals surface area contributed by atoms with E-state index in [2.05, 4.69) is 0 Å². The van der Waals surface area contributed by atoms with Crippen molar-refractivity contribution in [3.05, 3.63) is 59.7 Å². The highest BCUT2D eigenvalue weighted by Crippen LogP contribution is 2.30. The quantitative estimate of drug-likeness (QED) is 0.812. The first-order chi connectivity index (χ1) is 11.7. The predicted molar refractivity (Wildman–Crippen MR) is 88.5 cm³/mol.